The first kappa shape index (κ1) is 12.6. The number of hydrogen-bond acceptors (Lipinski definition) is 2. The van der Waals surface area contributed by atoms with Crippen LogP contribution in [-0.2, 0) is 6.54 Å². The maximum absolute atomic E-state index is 3.57. The van der Waals surface area contributed by atoms with Crippen LogP contribution in [0.5, 0.6) is 0 Å². The minimum atomic E-state index is 0.658. The SMILES string of the molecule is CCC(CC)NCc1ccc(SC)cc1. The molecule has 0 fully saturated rings. The second-order valence-corrected chi connectivity index (χ2v) is 4.62. The van der Waals surface area contributed by atoms with Crippen molar-refractivity contribution >= 4 is 11.8 Å². The highest BCUT2D eigenvalue weighted by Gasteiger charge is 2.01. The van der Waals surface area contributed by atoms with E-state index in [9.17, 15) is 0 Å². The fraction of sp³-hybridized carbons (Fsp3) is 0.538. The first-order valence-corrected chi connectivity index (χ1v) is 6.88. The van der Waals surface area contributed by atoms with Crippen LogP contribution < -0.4 is 5.32 Å². The molecule has 2 heteroatoms. The molecule has 0 unspecified atom stereocenters. The van der Waals surface area contributed by atoms with Gasteiger partial charge in [-0.25, -0.2) is 0 Å². The maximum atomic E-state index is 3.57. The minimum absolute atomic E-state index is 0.658. The monoisotopic (exact) mass is 223 g/mol. The summed E-state index contributed by atoms with van der Waals surface area (Å²) in [7, 11) is 0. The first-order chi connectivity index (χ1) is 7.30. The zero-order valence-corrected chi connectivity index (χ0v) is 10.7. The van der Waals surface area contributed by atoms with Crippen LogP contribution in [-0.4, -0.2) is 12.3 Å². The smallest absolute Gasteiger partial charge is 0.0208 e. The molecule has 0 heterocycles. The molecule has 15 heavy (non-hydrogen) atoms. The van der Waals surface area contributed by atoms with Gasteiger partial charge in [0.2, 0.25) is 0 Å². The average Bonchev–Trinajstić information content (AvgIpc) is 2.31. The maximum Gasteiger partial charge on any atom is 0.0208 e. The Hall–Kier alpha value is -0.470. The first-order valence-electron chi connectivity index (χ1n) is 5.66. The van der Waals surface area contributed by atoms with Gasteiger partial charge < -0.3 is 5.32 Å². The quantitative estimate of drug-likeness (QED) is 0.738. The summed E-state index contributed by atoms with van der Waals surface area (Å²) in [6.45, 7) is 5.46. The molecule has 0 aliphatic carbocycles. The Morgan fingerprint density at radius 1 is 1.13 bits per heavy atom. The molecule has 84 valence electrons. The summed E-state index contributed by atoms with van der Waals surface area (Å²) in [6.07, 6.45) is 4.52. The summed E-state index contributed by atoms with van der Waals surface area (Å²) < 4.78 is 0. The van der Waals surface area contributed by atoms with Gasteiger partial charge in [0.15, 0.2) is 0 Å². The van der Waals surface area contributed by atoms with Crippen molar-refractivity contribution in [2.45, 2.75) is 44.2 Å². The van der Waals surface area contributed by atoms with Crippen LogP contribution in [0.4, 0.5) is 0 Å². The Bertz CT molecular complexity index is 264. The van der Waals surface area contributed by atoms with Gasteiger partial charge in [0.25, 0.3) is 0 Å². The lowest BCUT2D eigenvalue weighted by Crippen LogP contribution is -2.26. The molecule has 1 N–H and O–H groups in total. The third-order valence-corrected chi connectivity index (χ3v) is 3.48. The molecule has 0 saturated carbocycles. The van der Waals surface area contributed by atoms with Gasteiger partial charge in [-0.05, 0) is 36.8 Å². The van der Waals surface area contributed by atoms with Crippen molar-refractivity contribution in [3.63, 3.8) is 0 Å². The number of thioether (sulfide) groups is 1. The van der Waals surface area contributed by atoms with Gasteiger partial charge in [0.1, 0.15) is 0 Å². The van der Waals surface area contributed by atoms with Crippen molar-refractivity contribution in [1.29, 1.82) is 0 Å². The van der Waals surface area contributed by atoms with Crippen molar-refractivity contribution in [2.75, 3.05) is 6.26 Å². The Morgan fingerprint density at radius 2 is 1.73 bits per heavy atom. The summed E-state index contributed by atoms with van der Waals surface area (Å²) >= 11 is 1.79. The molecular weight excluding hydrogens is 202 g/mol. The van der Waals surface area contributed by atoms with E-state index in [1.165, 1.54) is 23.3 Å². The second-order valence-electron chi connectivity index (χ2n) is 3.74. The van der Waals surface area contributed by atoms with Gasteiger partial charge in [-0.1, -0.05) is 26.0 Å². The summed E-state index contributed by atoms with van der Waals surface area (Å²) in [5.41, 5.74) is 1.37. The molecule has 0 radical (unpaired) electrons. The van der Waals surface area contributed by atoms with Crippen LogP contribution in [0.15, 0.2) is 29.2 Å². The molecule has 1 nitrogen and oxygen atoms in total. The van der Waals surface area contributed by atoms with Gasteiger partial charge in [0.05, 0.1) is 0 Å². The van der Waals surface area contributed by atoms with E-state index in [-0.39, 0.29) is 0 Å². The van der Waals surface area contributed by atoms with E-state index in [1.54, 1.807) is 11.8 Å². The number of hydrogen-bond donors (Lipinski definition) is 1. The van der Waals surface area contributed by atoms with E-state index >= 15 is 0 Å². The Morgan fingerprint density at radius 3 is 2.20 bits per heavy atom. The van der Waals surface area contributed by atoms with Gasteiger partial charge >= 0.3 is 0 Å². The lowest BCUT2D eigenvalue weighted by molar-refractivity contribution is 0.484. The van der Waals surface area contributed by atoms with Gasteiger partial charge in [-0.3, -0.25) is 0 Å². The Kier molecular flexibility index (Phi) is 5.81. The van der Waals surface area contributed by atoms with Crippen molar-refractivity contribution in [1.82, 2.24) is 5.32 Å². The molecule has 1 aromatic carbocycles. The van der Waals surface area contributed by atoms with Crippen molar-refractivity contribution in [2.24, 2.45) is 0 Å². The van der Waals surface area contributed by atoms with Gasteiger partial charge in [-0.2, -0.15) is 0 Å². The summed E-state index contributed by atoms with van der Waals surface area (Å²) in [5, 5.41) is 3.57. The van der Waals surface area contributed by atoms with Crippen LogP contribution in [0.3, 0.4) is 0 Å². The van der Waals surface area contributed by atoms with Crippen LogP contribution in [0.1, 0.15) is 32.3 Å². The van der Waals surface area contributed by atoms with Gasteiger partial charge in [-0.15, -0.1) is 11.8 Å². The highest BCUT2D eigenvalue weighted by atomic mass is 32.2. The fourth-order valence-electron chi connectivity index (χ4n) is 1.58. The number of nitrogens with one attached hydrogen (secondary N) is 1. The zero-order chi connectivity index (χ0) is 11.1. The van der Waals surface area contributed by atoms with E-state index in [0.717, 1.165) is 6.54 Å². The van der Waals surface area contributed by atoms with Crippen molar-refractivity contribution in [3.05, 3.63) is 29.8 Å². The number of rotatable bonds is 6. The normalized spacial score (nSPS) is 10.9. The van der Waals surface area contributed by atoms with Crippen molar-refractivity contribution < 1.29 is 0 Å². The lowest BCUT2D eigenvalue weighted by atomic mass is 10.1. The third kappa shape index (κ3) is 4.27. The summed E-state index contributed by atoms with van der Waals surface area (Å²) in [6, 6.07) is 9.45. The molecule has 0 aliphatic rings. The van der Waals surface area contributed by atoms with E-state index in [4.69, 9.17) is 0 Å². The minimum Gasteiger partial charge on any atom is -0.310 e. The molecule has 1 aromatic rings. The average molecular weight is 223 g/mol. The van der Waals surface area contributed by atoms with Crippen LogP contribution in [0.25, 0.3) is 0 Å². The predicted octanol–water partition coefficient (Wildman–Crippen LogP) is 3.69. The molecule has 0 aromatic heterocycles. The number of benzene rings is 1. The highest BCUT2D eigenvalue weighted by Crippen LogP contribution is 2.14. The lowest BCUT2D eigenvalue weighted by Gasteiger charge is -2.14. The third-order valence-electron chi connectivity index (χ3n) is 2.74. The Balaban J connectivity index is 2.43. The van der Waals surface area contributed by atoms with E-state index in [2.05, 4.69) is 49.7 Å². The Labute approximate surface area is 97.7 Å². The molecule has 0 amide bonds. The van der Waals surface area contributed by atoms with Crippen molar-refractivity contribution in [3.8, 4) is 0 Å². The largest absolute Gasteiger partial charge is 0.310 e. The summed E-state index contributed by atoms with van der Waals surface area (Å²) in [4.78, 5) is 1.33. The standard InChI is InChI=1S/C13H21NS/c1-4-12(5-2)14-10-11-6-8-13(15-3)9-7-11/h6-9,12,14H,4-5,10H2,1-3H3. The van der Waals surface area contributed by atoms with Crippen LogP contribution in [0, 0.1) is 0 Å². The second kappa shape index (κ2) is 6.91. The zero-order valence-electron chi connectivity index (χ0n) is 9.92. The fourth-order valence-corrected chi connectivity index (χ4v) is 1.99. The molecular formula is C13H21NS. The molecule has 1 rings (SSSR count). The van der Waals surface area contributed by atoms with Crippen LogP contribution >= 0.6 is 11.8 Å². The summed E-state index contributed by atoms with van der Waals surface area (Å²) in [5.74, 6) is 0. The highest BCUT2D eigenvalue weighted by molar-refractivity contribution is 7.98. The molecule has 0 bridgehead atoms. The molecule has 0 aliphatic heterocycles. The molecule has 0 atom stereocenters. The molecule has 0 spiro atoms. The topological polar surface area (TPSA) is 12.0 Å². The van der Waals surface area contributed by atoms with Crippen LogP contribution in [0.2, 0.25) is 0 Å². The predicted molar refractivity (Wildman–Crippen MR) is 69.4 cm³/mol. The van der Waals surface area contributed by atoms with Gasteiger partial charge in [0, 0.05) is 17.5 Å². The van der Waals surface area contributed by atoms with E-state index < -0.39 is 0 Å². The van der Waals surface area contributed by atoms with E-state index in [0.29, 0.717) is 6.04 Å². The van der Waals surface area contributed by atoms with E-state index in [1.807, 2.05) is 0 Å². The molecule has 0 saturated heterocycles.